The summed E-state index contributed by atoms with van der Waals surface area (Å²) in [5.74, 6) is -0.182. The molecule has 8 heteroatoms. The maximum Gasteiger partial charge on any atom is 0.243 e. The Labute approximate surface area is 163 Å². The van der Waals surface area contributed by atoms with Gasteiger partial charge in [0, 0.05) is 44.3 Å². The van der Waals surface area contributed by atoms with E-state index in [1.54, 1.807) is 28.6 Å². The SMILES string of the molecule is CC(=O)Nc1ccc(S(=O)(=O)N2CC(C)N(CCCN(C)C)C(C)C2)cc1. The lowest BCUT2D eigenvalue weighted by Crippen LogP contribution is -2.58. The van der Waals surface area contributed by atoms with Crippen LogP contribution in [0.4, 0.5) is 5.69 Å². The molecular formula is C19H32N4O3S. The van der Waals surface area contributed by atoms with E-state index >= 15 is 0 Å². The van der Waals surface area contributed by atoms with Crippen molar-refractivity contribution in [3.05, 3.63) is 24.3 Å². The Hall–Kier alpha value is -1.48. The molecule has 7 nitrogen and oxygen atoms in total. The summed E-state index contributed by atoms with van der Waals surface area (Å²) in [6.45, 7) is 8.58. The van der Waals surface area contributed by atoms with Crippen molar-refractivity contribution in [1.82, 2.24) is 14.1 Å². The van der Waals surface area contributed by atoms with Gasteiger partial charge in [-0.1, -0.05) is 0 Å². The zero-order chi connectivity index (χ0) is 20.2. The van der Waals surface area contributed by atoms with Crippen LogP contribution in [0.5, 0.6) is 0 Å². The van der Waals surface area contributed by atoms with Crippen LogP contribution in [-0.2, 0) is 14.8 Å². The number of hydrogen-bond acceptors (Lipinski definition) is 5. The molecule has 0 saturated carbocycles. The van der Waals surface area contributed by atoms with Gasteiger partial charge in [-0.05, 0) is 65.2 Å². The zero-order valence-corrected chi connectivity index (χ0v) is 17.8. The van der Waals surface area contributed by atoms with Crippen molar-refractivity contribution < 1.29 is 13.2 Å². The van der Waals surface area contributed by atoms with E-state index in [1.807, 2.05) is 0 Å². The Morgan fingerprint density at radius 3 is 2.19 bits per heavy atom. The minimum absolute atomic E-state index is 0.171. The highest BCUT2D eigenvalue weighted by Gasteiger charge is 2.35. The minimum atomic E-state index is -3.54. The number of piperazine rings is 1. The second-order valence-corrected chi connectivity index (χ2v) is 9.56. The molecule has 2 atom stereocenters. The zero-order valence-electron chi connectivity index (χ0n) is 17.0. The fourth-order valence-corrected chi connectivity index (χ4v) is 5.18. The molecule has 2 unspecified atom stereocenters. The van der Waals surface area contributed by atoms with Crippen LogP contribution in [0.1, 0.15) is 27.2 Å². The maximum atomic E-state index is 13.0. The van der Waals surface area contributed by atoms with Gasteiger partial charge in [-0.25, -0.2) is 8.42 Å². The molecule has 1 saturated heterocycles. The van der Waals surface area contributed by atoms with E-state index in [2.05, 4.69) is 43.1 Å². The smallest absolute Gasteiger partial charge is 0.243 e. The standard InChI is InChI=1S/C19H32N4O3S/c1-15-13-22(14-16(2)23(15)12-6-11-21(4)5)27(25,26)19-9-7-18(8-10-19)20-17(3)24/h7-10,15-16H,6,11-14H2,1-5H3,(H,20,24). The molecule has 0 spiro atoms. The number of anilines is 1. The topological polar surface area (TPSA) is 73.0 Å². The number of hydrogen-bond donors (Lipinski definition) is 1. The molecule has 1 fully saturated rings. The van der Waals surface area contributed by atoms with Crippen molar-refractivity contribution in [1.29, 1.82) is 0 Å². The van der Waals surface area contributed by atoms with Gasteiger partial charge < -0.3 is 10.2 Å². The van der Waals surface area contributed by atoms with Gasteiger partial charge in [-0.15, -0.1) is 0 Å². The molecule has 0 aliphatic carbocycles. The van der Waals surface area contributed by atoms with E-state index in [9.17, 15) is 13.2 Å². The Kier molecular flexibility index (Phi) is 7.39. The number of carbonyl (C=O) groups is 1. The van der Waals surface area contributed by atoms with Crippen molar-refractivity contribution in [2.24, 2.45) is 0 Å². The average Bonchev–Trinajstić information content (AvgIpc) is 2.56. The highest BCUT2D eigenvalue weighted by atomic mass is 32.2. The van der Waals surface area contributed by atoms with Gasteiger partial charge in [0.15, 0.2) is 0 Å². The van der Waals surface area contributed by atoms with Crippen LogP contribution in [0.3, 0.4) is 0 Å². The molecule has 27 heavy (non-hydrogen) atoms. The van der Waals surface area contributed by atoms with Crippen molar-refractivity contribution in [2.45, 2.75) is 44.2 Å². The van der Waals surface area contributed by atoms with E-state index in [0.29, 0.717) is 18.8 Å². The van der Waals surface area contributed by atoms with Crippen LogP contribution < -0.4 is 5.32 Å². The van der Waals surface area contributed by atoms with Gasteiger partial charge in [-0.3, -0.25) is 9.69 Å². The Morgan fingerprint density at radius 1 is 1.15 bits per heavy atom. The molecule has 1 aromatic rings. The number of sulfonamides is 1. The highest BCUT2D eigenvalue weighted by molar-refractivity contribution is 7.89. The molecule has 152 valence electrons. The van der Waals surface area contributed by atoms with Gasteiger partial charge in [0.1, 0.15) is 0 Å². The fraction of sp³-hybridized carbons (Fsp3) is 0.632. The molecule has 1 aliphatic heterocycles. The predicted molar refractivity (Wildman–Crippen MR) is 108 cm³/mol. The van der Waals surface area contributed by atoms with E-state index < -0.39 is 10.0 Å². The highest BCUT2D eigenvalue weighted by Crippen LogP contribution is 2.24. The predicted octanol–water partition coefficient (Wildman–Crippen LogP) is 1.68. The lowest BCUT2D eigenvalue weighted by molar-refractivity contribution is -0.114. The van der Waals surface area contributed by atoms with Gasteiger partial charge in [0.2, 0.25) is 15.9 Å². The second-order valence-electron chi connectivity index (χ2n) is 7.62. The van der Waals surface area contributed by atoms with Crippen LogP contribution in [-0.4, -0.2) is 80.8 Å². The van der Waals surface area contributed by atoms with Gasteiger partial charge in [-0.2, -0.15) is 4.31 Å². The summed E-state index contributed by atoms with van der Waals surface area (Å²) in [6, 6.07) is 6.70. The van der Waals surface area contributed by atoms with Crippen molar-refractivity contribution >= 4 is 21.6 Å². The molecule has 1 N–H and O–H groups in total. The average molecular weight is 397 g/mol. The first kappa shape index (κ1) is 21.8. The molecule has 1 heterocycles. The quantitative estimate of drug-likeness (QED) is 0.759. The molecule has 1 amide bonds. The number of nitrogens with one attached hydrogen (secondary N) is 1. The van der Waals surface area contributed by atoms with Crippen molar-refractivity contribution in [2.75, 3.05) is 45.6 Å². The summed E-state index contributed by atoms with van der Waals surface area (Å²) in [6.07, 6.45) is 1.07. The summed E-state index contributed by atoms with van der Waals surface area (Å²) < 4.78 is 27.7. The van der Waals surface area contributed by atoms with Crippen LogP contribution in [0.2, 0.25) is 0 Å². The number of amides is 1. The summed E-state index contributed by atoms with van der Waals surface area (Å²) >= 11 is 0. The maximum absolute atomic E-state index is 13.0. The van der Waals surface area contributed by atoms with E-state index in [-0.39, 0.29) is 22.9 Å². The molecule has 1 aromatic carbocycles. The van der Waals surface area contributed by atoms with Crippen LogP contribution in [0.15, 0.2) is 29.2 Å². The first-order valence-corrected chi connectivity index (χ1v) is 10.8. The first-order chi connectivity index (χ1) is 12.6. The Bertz CT molecular complexity index is 722. The number of carbonyl (C=O) groups excluding carboxylic acids is 1. The van der Waals surface area contributed by atoms with Crippen LogP contribution in [0, 0.1) is 0 Å². The number of rotatable bonds is 7. The summed E-state index contributed by atoms with van der Waals surface area (Å²) in [5, 5.41) is 2.65. The molecule has 0 aromatic heterocycles. The van der Waals surface area contributed by atoms with E-state index in [0.717, 1.165) is 19.5 Å². The summed E-state index contributed by atoms with van der Waals surface area (Å²) in [7, 11) is 0.583. The summed E-state index contributed by atoms with van der Waals surface area (Å²) in [4.78, 5) is 15.9. The summed E-state index contributed by atoms with van der Waals surface area (Å²) in [5.41, 5.74) is 0.592. The van der Waals surface area contributed by atoms with Gasteiger partial charge in [0.05, 0.1) is 4.90 Å². The third-order valence-electron chi connectivity index (χ3n) is 4.90. The monoisotopic (exact) mass is 396 g/mol. The molecule has 1 aliphatic rings. The van der Waals surface area contributed by atoms with E-state index in [4.69, 9.17) is 0 Å². The first-order valence-electron chi connectivity index (χ1n) is 9.39. The minimum Gasteiger partial charge on any atom is -0.326 e. The van der Waals surface area contributed by atoms with Crippen molar-refractivity contribution in [3.8, 4) is 0 Å². The second kappa shape index (κ2) is 9.14. The molecular weight excluding hydrogens is 364 g/mol. The van der Waals surface area contributed by atoms with E-state index in [1.165, 1.54) is 6.92 Å². The molecule has 0 radical (unpaired) electrons. The Balaban J connectivity index is 2.06. The van der Waals surface area contributed by atoms with Gasteiger partial charge in [0.25, 0.3) is 0 Å². The van der Waals surface area contributed by atoms with Crippen LogP contribution in [0.25, 0.3) is 0 Å². The molecule has 0 bridgehead atoms. The molecule has 2 rings (SSSR count). The number of nitrogens with zero attached hydrogens (tertiary/aromatic N) is 3. The third-order valence-corrected chi connectivity index (χ3v) is 6.75. The lowest BCUT2D eigenvalue weighted by Gasteiger charge is -2.44. The van der Waals surface area contributed by atoms with Crippen molar-refractivity contribution in [3.63, 3.8) is 0 Å². The van der Waals surface area contributed by atoms with Crippen LogP contribution >= 0.6 is 0 Å². The Morgan fingerprint density at radius 2 is 1.70 bits per heavy atom. The fourth-order valence-electron chi connectivity index (χ4n) is 3.58. The van der Waals surface area contributed by atoms with Gasteiger partial charge >= 0.3 is 0 Å². The lowest BCUT2D eigenvalue weighted by atomic mass is 10.1. The number of benzene rings is 1. The normalized spacial score (nSPS) is 22.1. The third kappa shape index (κ3) is 5.75. The largest absolute Gasteiger partial charge is 0.326 e.